The van der Waals surface area contributed by atoms with Gasteiger partial charge in [0.1, 0.15) is 11.5 Å². The number of aromatic nitrogens is 1. The minimum absolute atomic E-state index is 0.159. The van der Waals surface area contributed by atoms with Gasteiger partial charge in [0.2, 0.25) is 5.91 Å². The topological polar surface area (TPSA) is 94.3 Å². The van der Waals surface area contributed by atoms with Gasteiger partial charge in [-0.3, -0.25) is 4.79 Å². The molecule has 0 spiro atoms. The van der Waals surface area contributed by atoms with Crippen molar-refractivity contribution in [2.45, 2.75) is 26.4 Å². The van der Waals surface area contributed by atoms with Gasteiger partial charge in [0.15, 0.2) is 5.13 Å². The number of nitrogens with one attached hydrogen (secondary N) is 1. The Hall–Kier alpha value is -2.25. The van der Waals surface area contributed by atoms with Crippen LogP contribution < -0.4 is 11.1 Å². The van der Waals surface area contributed by atoms with E-state index in [2.05, 4.69) is 10.3 Å². The van der Waals surface area contributed by atoms with Gasteiger partial charge in [0.25, 0.3) is 0 Å². The molecule has 1 aromatic carbocycles. The van der Waals surface area contributed by atoms with Crippen LogP contribution in [0.1, 0.15) is 33.8 Å². The summed E-state index contributed by atoms with van der Waals surface area (Å²) in [6, 6.07) is 9.44. The van der Waals surface area contributed by atoms with Gasteiger partial charge in [-0.1, -0.05) is 41.7 Å². The van der Waals surface area contributed by atoms with Gasteiger partial charge in [0.05, 0.1) is 5.69 Å². The first-order chi connectivity index (χ1) is 11.1. The lowest BCUT2D eigenvalue weighted by Crippen LogP contribution is -2.13. The third-order valence-corrected chi connectivity index (χ3v) is 4.10. The van der Waals surface area contributed by atoms with Gasteiger partial charge in [-0.2, -0.15) is 0 Å². The fourth-order valence-electron chi connectivity index (χ4n) is 1.87. The molecule has 2 rings (SSSR count). The predicted octanol–water partition coefficient (Wildman–Crippen LogP) is 2.49. The van der Waals surface area contributed by atoms with Crippen LogP contribution in [0.25, 0.3) is 0 Å². The van der Waals surface area contributed by atoms with Crippen molar-refractivity contribution in [1.29, 1.82) is 0 Å². The summed E-state index contributed by atoms with van der Waals surface area (Å²) in [6.07, 6.45) is 0.949. The zero-order valence-corrected chi connectivity index (χ0v) is 13.7. The van der Waals surface area contributed by atoms with Crippen molar-refractivity contribution in [3.63, 3.8) is 0 Å². The molecule has 6 nitrogen and oxygen atoms in total. The maximum absolute atomic E-state index is 12.1. The standard InChI is InChI=1S/C16H19N3O3S/c1-11-14(15(21)22-10-12-6-3-2-4-7-12)23-16(18-11)19-13(20)8-5-9-17/h2-4,6-7H,5,8-10,17H2,1H3,(H,18,19,20). The second kappa shape index (κ2) is 8.40. The van der Waals surface area contributed by atoms with E-state index in [0.717, 1.165) is 16.9 Å². The molecular formula is C16H19N3O3S. The number of ether oxygens (including phenoxy) is 1. The van der Waals surface area contributed by atoms with Crippen LogP contribution in [0.15, 0.2) is 30.3 Å². The molecule has 0 radical (unpaired) electrons. The number of aryl methyl sites for hydroxylation is 1. The molecular weight excluding hydrogens is 314 g/mol. The van der Waals surface area contributed by atoms with Crippen molar-refractivity contribution in [3.8, 4) is 0 Å². The van der Waals surface area contributed by atoms with Crippen molar-refractivity contribution in [1.82, 2.24) is 4.98 Å². The third kappa shape index (κ3) is 5.15. The van der Waals surface area contributed by atoms with Gasteiger partial charge in [0, 0.05) is 6.42 Å². The van der Waals surface area contributed by atoms with Crippen molar-refractivity contribution in [2.24, 2.45) is 5.73 Å². The van der Waals surface area contributed by atoms with E-state index in [1.165, 1.54) is 0 Å². The normalized spacial score (nSPS) is 10.3. The number of nitrogens with two attached hydrogens (primary N) is 1. The van der Waals surface area contributed by atoms with Crippen LogP contribution in [0.2, 0.25) is 0 Å². The van der Waals surface area contributed by atoms with E-state index in [-0.39, 0.29) is 12.5 Å². The molecule has 3 N–H and O–H groups in total. The Balaban J connectivity index is 1.94. The van der Waals surface area contributed by atoms with Crippen molar-refractivity contribution in [3.05, 3.63) is 46.5 Å². The quantitative estimate of drug-likeness (QED) is 0.759. The summed E-state index contributed by atoms with van der Waals surface area (Å²) in [5.74, 6) is -0.597. The molecule has 0 bridgehead atoms. The molecule has 122 valence electrons. The summed E-state index contributed by atoms with van der Waals surface area (Å²) in [5.41, 5.74) is 6.82. The fourth-order valence-corrected chi connectivity index (χ4v) is 2.75. The highest BCUT2D eigenvalue weighted by Crippen LogP contribution is 2.24. The van der Waals surface area contributed by atoms with Crippen LogP contribution in [-0.2, 0) is 16.1 Å². The molecule has 0 atom stereocenters. The van der Waals surface area contributed by atoms with Gasteiger partial charge >= 0.3 is 5.97 Å². The van der Waals surface area contributed by atoms with E-state index in [9.17, 15) is 9.59 Å². The second-order valence-electron chi connectivity index (χ2n) is 4.94. The summed E-state index contributed by atoms with van der Waals surface area (Å²) < 4.78 is 5.28. The van der Waals surface area contributed by atoms with Gasteiger partial charge in [-0.05, 0) is 25.5 Å². The molecule has 1 heterocycles. The highest BCUT2D eigenvalue weighted by Gasteiger charge is 2.17. The summed E-state index contributed by atoms with van der Waals surface area (Å²) in [5, 5.41) is 3.07. The number of carbonyl (C=O) groups is 2. The van der Waals surface area contributed by atoms with E-state index in [0.29, 0.717) is 35.1 Å². The van der Waals surface area contributed by atoms with Gasteiger partial charge < -0.3 is 15.8 Å². The average molecular weight is 333 g/mol. The molecule has 1 amide bonds. The fraction of sp³-hybridized carbons (Fsp3) is 0.312. The van der Waals surface area contributed by atoms with Gasteiger partial charge in [-0.25, -0.2) is 9.78 Å². The van der Waals surface area contributed by atoms with Gasteiger partial charge in [-0.15, -0.1) is 0 Å². The monoisotopic (exact) mass is 333 g/mol. The van der Waals surface area contributed by atoms with E-state index >= 15 is 0 Å². The van der Waals surface area contributed by atoms with Crippen LogP contribution in [0, 0.1) is 6.92 Å². The van der Waals surface area contributed by atoms with Crippen molar-refractivity contribution in [2.75, 3.05) is 11.9 Å². The molecule has 1 aromatic heterocycles. The highest BCUT2D eigenvalue weighted by molar-refractivity contribution is 7.17. The zero-order chi connectivity index (χ0) is 16.7. The Morgan fingerprint density at radius 2 is 2.04 bits per heavy atom. The molecule has 23 heavy (non-hydrogen) atoms. The number of hydrogen-bond donors (Lipinski definition) is 2. The van der Waals surface area contributed by atoms with Crippen LogP contribution in [-0.4, -0.2) is 23.4 Å². The Morgan fingerprint density at radius 3 is 2.74 bits per heavy atom. The lowest BCUT2D eigenvalue weighted by Gasteiger charge is -2.03. The number of esters is 1. The first-order valence-corrected chi connectivity index (χ1v) is 8.10. The van der Waals surface area contributed by atoms with E-state index in [1.54, 1.807) is 6.92 Å². The number of thiazole rings is 1. The third-order valence-electron chi connectivity index (χ3n) is 3.05. The van der Waals surface area contributed by atoms with Crippen LogP contribution in [0.4, 0.5) is 5.13 Å². The largest absolute Gasteiger partial charge is 0.457 e. The number of anilines is 1. The molecule has 2 aromatic rings. The average Bonchev–Trinajstić information content (AvgIpc) is 2.92. The van der Waals surface area contributed by atoms with Crippen molar-refractivity contribution >= 4 is 28.3 Å². The summed E-state index contributed by atoms with van der Waals surface area (Å²) >= 11 is 1.12. The van der Waals surface area contributed by atoms with Crippen molar-refractivity contribution < 1.29 is 14.3 Å². The number of benzene rings is 1. The zero-order valence-electron chi connectivity index (χ0n) is 12.9. The summed E-state index contributed by atoms with van der Waals surface area (Å²) in [6.45, 7) is 2.38. The SMILES string of the molecule is Cc1nc(NC(=O)CCCN)sc1C(=O)OCc1ccccc1. The molecule has 0 aliphatic rings. The van der Waals surface area contributed by atoms with E-state index in [1.807, 2.05) is 30.3 Å². The van der Waals surface area contributed by atoms with E-state index in [4.69, 9.17) is 10.5 Å². The Morgan fingerprint density at radius 1 is 1.30 bits per heavy atom. The number of rotatable bonds is 7. The minimum atomic E-state index is -0.439. The molecule has 0 saturated carbocycles. The maximum atomic E-state index is 12.1. The number of hydrogen-bond acceptors (Lipinski definition) is 6. The molecule has 0 aliphatic carbocycles. The number of amides is 1. The molecule has 0 fully saturated rings. The lowest BCUT2D eigenvalue weighted by atomic mass is 10.2. The van der Waals surface area contributed by atoms with Crippen LogP contribution in [0.3, 0.4) is 0 Å². The summed E-state index contributed by atoms with van der Waals surface area (Å²) in [4.78, 5) is 28.4. The first kappa shape index (κ1) is 17.1. The second-order valence-corrected chi connectivity index (χ2v) is 5.93. The summed E-state index contributed by atoms with van der Waals surface area (Å²) in [7, 11) is 0. The molecule has 0 saturated heterocycles. The Kier molecular flexibility index (Phi) is 6.25. The Bertz CT molecular complexity index is 670. The highest BCUT2D eigenvalue weighted by atomic mass is 32.1. The van der Waals surface area contributed by atoms with E-state index < -0.39 is 5.97 Å². The van der Waals surface area contributed by atoms with Crippen LogP contribution in [0.5, 0.6) is 0 Å². The predicted molar refractivity (Wildman–Crippen MR) is 89.3 cm³/mol. The number of nitrogens with zero attached hydrogens (tertiary/aromatic N) is 1. The lowest BCUT2D eigenvalue weighted by molar-refractivity contribution is -0.116. The Labute approximate surface area is 138 Å². The molecule has 7 heteroatoms. The minimum Gasteiger partial charge on any atom is -0.457 e. The smallest absolute Gasteiger partial charge is 0.350 e. The van der Waals surface area contributed by atoms with Crippen LogP contribution >= 0.6 is 11.3 Å². The molecule has 0 aliphatic heterocycles. The maximum Gasteiger partial charge on any atom is 0.350 e. The number of carbonyl (C=O) groups excluding carboxylic acids is 2. The molecule has 0 unspecified atom stereocenters. The first-order valence-electron chi connectivity index (χ1n) is 7.28.